The van der Waals surface area contributed by atoms with Crippen LogP contribution in [-0.2, 0) is 0 Å². The molecule has 144 valence electrons. The van der Waals surface area contributed by atoms with Crippen molar-refractivity contribution in [3.8, 4) is 23.0 Å². The Labute approximate surface area is 167 Å². The van der Waals surface area contributed by atoms with Gasteiger partial charge in [-0.05, 0) is 35.0 Å². The van der Waals surface area contributed by atoms with Crippen LogP contribution in [0.2, 0.25) is 0 Å². The van der Waals surface area contributed by atoms with Crippen LogP contribution in [0, 0.1) is 0 Å². The number of aromatic hydroxyl groups is 4. The number of phenols is 4. The molecule has 0 saturated carbocycles. The lowest BCUT2D eigenvalue weighted by Gasteiger charge is -2.35. The number of rotatable bonds is 2. The fourth-order valence-corrected chi connectivity index (χ4v) is 4.32. The van der Waals surface area contributed by atoms with Gasteiger partial charge in [0.1, 0.15) is 23.0 Å². The van der Waals surface area contributed by atoms with Crippen LogP contribution in [0.25, 0.3) is 10.8 Å². The number of nitrogens with one attached hydrogen (secondary N) is 1. The van der Waals surface area contributed by atoms with Crippen molar-refractivity contribution in [2.75, 3.05) is 0 Å². The third-order valence-corrected chi connectivity index (χ3v) is 5.63. The van der Waals surface area contributed by atoms with E-state index in [-0.39, 0.29) is 23.0 Å². The number of benzene rings is 4. The lowest BCUT2D eigenvalue weighted by Crippen LogP contribution is -2.32. The fraction of sp³-hybridized carbons (Fsp3) is 0.0833. The molecule has 4 aromatic carbocycles. The van der Waals surface area contributed by atoms with E-state index in [0.717, 1.165) is 5.39 Å². The van der Waals surface area contributed by atoms with Gasteiger partial charge in [-0.2, -0.15) is 0 Å². The molecule has 29 heavy (non-hydrogen) atoms. The zero-order chi connectivity index (χ0) is 20.1. The van der Waals surface area contributed by atoms with E-state index in [4.69, 9.17) is 0 Å². The lowest BCUT2D eigenvalue weighted by molar-refractivity contribution is 0.412. The van der Waals surface area contributed by atoms with Crippen molar-refractivity contribution in [2.45, 2.75) is 12.1 Å². The second-order valence-electron chi connectivity index (χ2n) is 7.25. The zero-order valence-electron chi connectivity index (χ0n) is 15.4. The molecule has 0 aromatic heterocycles. The summed E-state index contributed by atoms with van der Waals surface area (Å²) >= 11 is 0. The van der Waals surface area contributed by atoms with Crippen molar-refractivity contribution in [3.05, 3.63) is 95.1 Å². The minimum atomic E-state index is -0.543. The molecular formula is C24H19NO4. The quantitative estimate of drug-likeness (QED) is 0.352. The van der Waals surface area contributed by atoms with Crippen LogP contribution in [0.4, 0.5) is 0 Å². The van der Waals surface area contributed by atoms with E-state index in [9.17, 15) is 20.4 Å². The fourth-order valence-electron chi connectivity index (χ4n) is 4.32. The van der Waals surface area contributed by atoms with Gasteiger partial charge in [-0.25, -0.2) is 0 Å². The maximum absolute atomic E-state index is 10.7. The van der Waals surface area contributed by atoms with Crippen molar-refractivity contribution in [2.24, 2.45) is 0 Å². The van der Waals surface area contributed by atoms with Gasteiger partial charge in [-0.15, -0.1) is 0 Å². The van der Waals surface area contributed by atoms with Gasteiger partial charge < -0.3 is 20.4 Å². The summed E-state index contributed by atoms with van der Waals surface area (Å²) in [6.07, 6.45) is 0. The van der Waals surface area contributed by atoms with Gasteiger partial charge in [0.25, 0.3) is 0 Å². The van der Waals surface area contributed by atoms with Gasteiger partial charge in [-0.3, -0.25) is 5.32 Å². The highest BCUT2D eigenvalue weighted by Crippen LogP contribution is 2.50. The summed E-state index contributed by atoms with van der Waals surface area (Å²) < 4.78 is 0. The van der Waals surface area contributed by atoms with Gasteiger partial charge in [0.05, 0.1) is 12.1 Å². The average Bonchev–Trinajstić information content (AvgIpc) is 2.72. The second kappa shape index (κ2) is 6.43. The molecule has 5 nitrogen and oxygen atoms in total. The maximum Gasteiger partial charge on any atom is 0.121 e. The van der Waals surface area contributed by atoms with Crippen LogP contribution in [0.5, 0.6) is 23.0 Å². The Morgan fingerprint density at radius 1 is 0.517 bits per heavy atom. The summed E-state index contributed by atoms with van der Waals surface area (Å²) in [5, 5.41) is 47.5. The van der Waals surface area contributed by atoms with E-state index < -0.39 is 12.1 Å². The van der Waals surface area contributed by atoms with Crippen molar-refractivity contribution in [1.82, 2.24) is 5.32 Å². The highest BCUT2D eigenvalue weighted by molar-refractivity contribution is 5.95. The van der Waals surface area contributed by atoms with Gasteiger partial charge in [0.15, 0.2) is 0 Å². The molecule has 1 aliphatic heterocycles. The Kier molecular flexibility index (Phi) is 3.86. The Morgan fingerprint density at radius 2 is 0.966 bits per heavy atom. The molecule has 0 bridgehead atoms. The Balaban J connectivity index is 1.88. The molecule has 4 aromatic rings. The molecule has 0 saturated heterocycles. The van der Waals surface area contributed by atoms with E-state index in [1.165, 1.54) is 0 Å². The second-order valence-corrected chi connectivity index (χ2v) is 7.25. The molecule has 0 spiro atoms. The van der Waals surface area contributed by atoms with Gasteiger partial charge in [0.2, 0.25) is 0 Å². The van der Waals surface area contributed by atoms with E-state index >= 15 is 0 Å². The molecule has 2 unspecified atom stereocenters. The minimum Gasteiger partial charge on any atom is -0.508 e. The number of para-hydroxylation sites is 2. The first-order chi connectivity index (χ1) is 14.1. The Hall–Kier alpha value is -3.70. The molecule has 1 heterocycles. The normalized spacial score (nSPS) is 18.1. The first kappa shape index (κ1) is 17.4. The molecule has 5 heteroatoms. The number of hydrogen-bond donors (Lipinski definition) is 5. The maximum atomic E-state index is 10.7. The van der Waals surface area contributed by atoms with Crippen molar-refractivity contribution in [3.63, 3.8) is 0 Å². The topological polar surface area (TPSA) is 93.0 Å². The van der Waals surface area contributed by atoms with E-state index in [1.54, 1.807) is 60.7 Å². The van der Waals surface area contributed by atoms with E-state index in [0.29, 0.717) is 27.6 Å². The smallest absolute Gasteiger partial charge is 0.121 e. The van der Waals surface area contributed by atoms with Crippen LogP contribution in [0.15, 0.2) is 72.8 Å². The van der Waals surface area contributed by atoms with Crippen LogP contribution in [0.1, 0.15) is 34.3 Å². The summed E-state index contributed by atoms with van der Waals surface area (Å²) in [6.45, 7) is 0. The molecule has 0 aliphatic carbocycles. The molecule has 5 rings (SSSR count). The SMILES string of the molecule is Oc1ccccc1C1NC(c2ccccc2O)c2c(O)ccc3ccc(O)c1c23. The lowest BCUT2D eigenvalue weighted by atomic mass is 9.81. The Bertz CT molecular complexity index is 1160. The number of phenolic OH excluding ortho intramolecular Hbond substituents is 4. The molecule has 0 fully saturated rings. The molecule has 5 N–H and O–H groups in total. The predicted molar refractivity (Wildman–Crippen MR) is 110 cm³/mol. The molecule has 1 aliphatic rings. The van der Waals surface area contributed by atoms with Crippen LogP contribution in [0.3, 0.4) is 0 Å². The van der Waals surface area contributed by atoms with Crippen molar-refractivity contribution >= 4 is 10.8 Å². The minimum absolute atomic E-state index is 0.0702. The average molecular weight is 385 g/mol. The van der Waals surface area contributed by atoms with Crippen molar-refractivity contribution < 1.29 is 20.4 Å². The standard InChI is InChI=1S/C24H19NO4/c26-16-7-3-1-5-14(16)23-21-18(28)11-9-13-10-12-19(29)22(20(13)21)24(25-23)15-6-2-4-8-17(15)27/h1-12,23-29H. The largest absolute Gasteiger partial charge is 0.508 e. The third kappa shape index (κ3) is 2.59. The summed E-state index contributed by atoms with van der Waals surface area (Å²) in [7, 11) is 0. The highest BCUT2D eigenvalue weighted by atomic mass is 16.3. The summed E-state index contributed by atoms with van der Waals surface area (Å²) in [5.41, 5.74) is 2.37. The third-order valence-electron chi connectivity index (χ3n) is 5.63. The van der Waals surface area contributed by atoms with Crippen molar-refractivity contribution in [1.29, 1.82) is 0 Å². The summed E-state index contributed by atoms with van der Waals surface area (Å²) in [6, 6.07) is 19.6. The first-order valence-electron chi connectivity index (χ1n) is 9.35. The van der Waals surface area contributed by atoms with Crippen LogP contribution < -0.4 is 5.32 Å². The number of hydrogen-bond acceptors (Lipinski definition) is 5. The molecule has 0 amide bonds. The van der Waals surface area contributed by atoms with Gasteiger partial charge in [0, 0.05) is 22.3 Å². The van der Waals surface area contributed by atoms with Gasteiger partial charge in [-0.1, -0.05) is 48.5 Å². The zero-order valence-corrected chi connectivity index (χ0v) is 15.4. The molecule has 2 atom stereocenters. The van der Waals surface area contributed by atoms with Gasteiger partial charge >= 0.3 is 0 Å². The first-order valence-corrected chi connectivity index (χ1v) is 9.35. The van der Waals surface area contributed by atoms with E-state index in [2.05, 4.69) is 5.32 Å². The molecular weight excluding hydrogens is 366 g/mol. The predicted octanol–water partition coefficient (Wildman–Crippen LogP) is 4.44. The van der Waals surface area contributed by atoms with Crippen LogP contribution in [-0.4, -0.2) is 20.4 Å². The highest BCUT2D eigenvalue weighted by Gasteiger charge is 2.35. The summed E-state index contributed by atoms with van der Waals surface area (Å²) in [4.78, 5) is 0. The Morgan fingerprint density at radius 3 is 1.41 bits per heavy atom. The van der Waals surface area contributed by atoms with E-state index in [1.807, 2.05) is 12.1 Å². The summed E-state index contributed by atoms with van der Waals surface area (Å²) in [5.74, 6) is 0.337. The van der Waals surface area contributed by atoms with Crippen LogP contribution >= 0.6 is 0 Å². The molecule has 0 radical (unpaired) electrons. The monoisotopic (exact) mass is 385 g/mol.